The molecule has 3 unspecified atom stereocenters. The summed E-state index contributed by atoms with van der Waals surface area (Å²) in [4.78, 5) is 4.33. The van der Waals surface area contributed by atoms with Gasteiger partial charge in [-0.25, -0.2) is 0 Å². The van der Waals surface area contributed by atoms with Crippen LogP contribution in [0.15, 0.2) is 9.52 Å². The van der Waals surface area contributed by atoms with Gasteiger partial charge in [0.2, 0.25) is 0 Å². The van der Waals surface area contributed by atoms with Crippen LogP contribution in [-0.4, -0.2) is 46.0 Å². The summed E-state index contributed by atoms with van der Waals surface area (Å²) < 4.78 is 17.3. The van der Waals surface area contributed by atoms with E-state index in [0.717, 1.165) is 68.2 Å². The van der Waals surface area contributed by atoms with Crippen LogP contribution in [0, 0.1) is 13.8 Å². The zero-order valence-electron chi connectivity index (χ0n) is 15.9. The molecule has 0 radical (unpaired) electrons. The topological polar surface area (TPSA) is 79.5 Å². The fourth-order valence-electron chi connectivity index (χ4n) is 3.47. The number of hydrogen-bond donors (Lipinski definition) is 2. The minimum Gasteiger partial charge on any atom is -0.361 e. The van der Waals surface area contributed by atoms with Crippen LogP contribution in [0.3, 0.4) is 0 Å². The molecule has 0 amide bonds. The monoisotopic (exact) mass is 368 g/mol. The van der Waals surface area contributed by atoms with E-state index in [1.165, 1.54) is 5.56 Å². The van der Waals surface area contributed by atoms with Crippen LogP contribution in [0.25, 0.3) is 0 Å². The van der Waals surface area contributed by atoms with Gasteiger partial charge in [0, 0.05) is 47.0 Å². The van der Waals surface area contributed by atoms with Crippen LogP contribution < -0.4 is 10.6 Å². The fourth-order valence-corrected chi connectivity index (χ4v) is 4.82. The molecule has 1 heterocycles. The highest BCUT2D eigenvalue weighted by atomic mass is 32.2. The van der Waals surface area contributed by atoms with Crippen molar-refractivity contribution < 1.29 is 8.73 Å². The molecule has 3 atom stereocenters. The Bertz CT molecular complexity index is 580. The number of aromatic nitrogens is 1. The van der Waals surface area contributed by atoms with E-state index in [1.807, 2.05) is 20.8 Å². The number of hydrogen-bond acceptors (Lipinski definition) is 4. The molecule has 1 aliphatic rings. The molecular weight excluding hydrogens is 336 g/mol. The molecular formula is C18H32N4O2S. The molecule has 6 nitrogen and oxygen atoms in total. The van der Waals surface area contributed by atoms with E-state index < -0.39 is 10.8 Å². The molecule has 0 aromatic carbocycles. The Labute approximate surface area is 153 Å². The number of guanidine groups is 1. The normalized spacial score (nSPS) is 22.6. The first-order valence-electron chi connectivity index (χ1n) is 9.31. The van der Waals surface area contributed by atoms with Gasteiger partial charge in [-0.1, -0.05) is 18.5 Å². The van der Waals surface area contributed by atoms with Crippen molar-refractivity contribution in [2.45, 2.75) is 70.6 Å². The smallest absolute Gasteiger partial charge is 0.191 e. The highest BCUT2D eigenvalue weighted by Crippen LogP contribution is 2.23. The van der Waals surface area contributed by atoms with Gasteiger partial charge in [-0.05, 0) is 46.0 Å². The maximum absolute atomic E-state index is 12.1. The van der Waals surface area contributed by atoms with Crippen LogP contribution in [0.1, 0.15) is 56.0 Å². The van der Waals surface area contributed by atoms with E-state index in [0.29, 0.717) is 11.3 Å². The molecule has 0 saturated heterocycles. The van der Waals surface area contributed by atoms with Gasteiger partial charge in [-0.15, -0.1) is 0 Å². The van der Waals surface area contributed by atoms with Crippen molar-refractivity contribution in [1.29, 1.82) is 0 Å². The Morgan fingerprint density at radius 2 is 2.20 bits per heavy atom. The van der Waals surface area contributed by atoms with Crippen molar-refractivity contribution in [3.8, 4) is 0 Å². The molecule has 0 spiro atoms. The third kappa shape index (κ3) is 5.83. The molecule has 0 aliphatic heterocycles. The van der Waals surface area contributed by atoms with Crippen molar-refractivity contribution >= 4 is 16.8 Å². The summed E-state index contributed by atoms with van der Waals surface area (Å²) >= 11 is 0. The first-order chi connectivity index (χ1) is 12.0. The first kappa shape index (κ1) is 19.9. The Hall–Kier alpha value is -1.37. The number of nitrogens with zero attached hydrogens (tertiary/aromatic N) is 2. The zero-order chi connectivity index (χ0) is 18.2. The average Bonchev–Trinajstić information content (AvgIpc) is 2.95. The Morgan fingerprint density at radius 3 is 2.84 bits per heavy atom. The zero-order valence-corrected chi connectivity index (χ0v) is 16.7. The van der Waals surface area contributed by atoms with E-state index >= 15 is 0 Å². The maximum atomic E-state index is 12.1. The molecule has 1 saturated carbocycles. The second-order valence-electron chi connectivity index (χ2n) is 6.70. The minimum atomic E-state index is -0.695. The van der Waals surface area contributed by atoms with Gasteiger partial charge >= 0.3 is 0 Å². The van der Waals surface area contributed by atoms with Crippen molar-refractivity contribution in [2.24, 2.45) is 4.99 Å². The van der Waals surface area contributed by atoms with Gasteiger partial charge < -0.3 is 15.2 Å². The summed E-state index contributed by atoms with van der Waals surface area (Å²) in [6.45, 7) is 6.80. The quantitative estimate of drug-likeness (QED) is 0.439. The van der Waals surface area contributed by atoms with Crippen LogP contribution in [-0.2, 0) is 17.2 Å². The lowest BCUT2D eigenvalue weighted by Crippen LogP contribution is -2.46. The number of aliphatic imine (C=N–C) groups is 1. The first-order valence-corrected chi connectivity index (χ1v) is 10.7. The van der Waals surface area contributed by atoms with Crippen molar-refractivity contribution in [3.05, 3.63) is 17.0 Å². The molecule has 142 valence electrons. The largest absolute Gasteiger partial charge is 0.361 e. The second kappa shape index (κ2) is 9.94. The molecule has 1 aromatic rings. The number of aryl methyl sites for hydroxylation is 2. The highest BCUT2D eigenvalue weighted by molar-refractivity contribution is 7.85. The highest BCUT2D eigenvalue weighted by Gasteiger charge is 2.25. The molecule has 2 N–H and O–H groups in total. The summed E-state index contributed by atoms with van der Waals surface area (Å²) in [7, 11) is 1.11. The average molecular weight is 369 g/mol. The number of rotatable bonds is 7. The lowest BCUT2D eigenvalue weighted by atomic mass is 9.95. The van der Waals surface area contributed by atoms with Crippen LogP contribution >= 0.6 is 0 Å². The predicted molar refractivity (Wildman–Crippen MR) is 104 cm³/mol. The molecule has 7 heteroatoms. The molecule has 1 aromatic heterocycles. The van der Waals surface area contributed by atoms with E-state index in [2.05, 4.69) is 20.8 Å². The van der Waals surface area contributed by atoms with Gasteiger partial charge in [0.1, 0.15) is 5.76 Å². The van der Waals surface area contributed by atoms with Crippen molar-refractivity contribution in [2.75, 3.05) is 19.3 Å². The van der Waals surface area contributed by atoms with E-state index in [1.54, 1.807) is 7.05 Å². The predicted octanol–water partition coefficient (Wildman–Crippen LogP) is 2.47. The summed E-state index contributed by atoms with van der Waals surface area (Å²) in [6, 6.07) is 0.364. The van der Waals surface area contributed by atoms with Crippen LogP contribution in [0.4, 0.5) is 0 Å². The summed E-state index contributed by atoms with van der Waals surface area (Å²) in [6.07, 6.45) is 6.26. The van der Waals surface area contributed by atoms with E-state index in [-0.39, 0.29) is 0 Å². The fraction of sp³-hybridized carbons (Fsp3) is 0.778. The second-order valence-corrected chi connectivity index (χ2v) is 8.71. The third-order valence-electron chi connectivity index (χ3n) is 4.92. The third-order valence-corrected chi connectivity index (χ3v) is 6.66. The standard InChI is InChI=1S/C18H32N4O2S/c1-5-25(23)16-9-6-8-15(12-16)21-18(19-4)20-11-7-10-17-13(2)22-24-14(17)3/h15-16H,5-12H2,1-4H3,(H2,19,20,21). The summed E-state index contributed by atoms with van der Waals surface area (Å²) in [5.74, 6) is 2.51. The van der Waals surface area contributed by atoms with Gasteiger partial charge in [0.05, 0.1) is 5.69 Å². The molecule has 2 rings (SSSR count). The SMILES string of the molecule is CCS(=O)C1CCCC(NC(=NC)NCCCc2c(C)noc2C)C1. The Kier molecular flexibility index (Phi) is 7.93. The van der Waals surface area contributed by atoms with E-state index in [9.17, 15) is 4.21 Å². The molecule has 25 heavy (non-hydrogen) atoms. The van der Waals surface area contributed by atoms with Crippen LogP contribution in [0.5, 0.6) is 0 Å². The Balaban J connectivity index is 1.74. The molecule has 0 bridgehead atoms. The van der Waals surface area contributed by atoms with Gasteiger partial charge in [0.25, 0.3) is 0 Å². The maximum Gasteiger partial charge on any atom is 0.191 e. The van der Waals surface area contributed by atoms with Crippen LogP contribution in [0.2, 0.25) is 0 Å². The van der Waals surface area contributed by atoms with Gasteiger partial charge in [-0.3, -0.25) is 9.20 Å². The summed E-state index contributed by atoms with van der Waals surface area (Å²) in [5, 5.41) is 11.2. The van der Waals surface area contributed by atoms with Gasteiger partial charge in [-0.2, -0.15) is 0 Å². The van der Waals surface area contributed by atoms with E-state index in [4.69, 9.17) is 4.52 Å². The molecule has 1 fully saturated rings. The minimum absolute atomic E-state index is 0.328. The number of nitrogens with one attached hydrogen (secondary N) is 2. The summed E-state index contributed by atoms with van der Waals surface area (Å²) in [5.41, 5.74) is 2.19. The Morgan fingerprint density at radius 1 is 1.40 bits per heavy atom. The lowest BCUT2D eigenvalue weighted by molar-refractivity contribution is 0.392. The lowest BCUT2D eigenvalue weighted by Gasteiger charge is -2.30. The molecule has 1 aliphatic carbocycles. The van der Waals surface area contributed by atoms with Crippen molar-refractivity contribution in [3.63, 3.8) is 0 Å². The van der Waals surface area contributed by atoms with Crippen molar-refractivity contribution in [1.82, 2.24) is 15.8 Å². The van der Waals surface area contributed by atoms with Gasteiger partial charge in [0.15, 0.2) is 5.96 Å².